The van der Waals surface area contributed by atoms with E-state index >= 15 is 0 Å². The Bertz CT molecular complexity index is 101. The van der Waals surface area contributed by atoms with Crippen molar-refractivity contribution < 1.29 is 5.11 Å². The molecule has 0 aromatic rings. The summed E-state index contributed by atoms with van der Waals surface area (Å²) in [5.41, 5.74) is 0. The van der Waals surface area contributed by atoms with Gasteiger partial charge in [0, 0.05) is 6.54 Å². The van der Waals surface area contributed by atoms with E-state index in [9.17, 15) is 0 Å². The summed E-state index contributed by atoms with van der Waals surface area (Å²) >= 11 is 0. The Labute approximate surface area is 116 Å². The fourth-order valence-corrected chi connectivity index (χ4v) is 1.14. The SMILES string of the molecule is CCCC.CCCN(CC)CCO.CCCNC. The van der Waals surface area contributed by atoms with Crippen LogP contribution in [0.2, 0.25) is 0 Å². The van der Waals surface area contributed by atoms with Crippen LogP contribution in [0.15, 0.2) is 0 Å². The zero-order valence-corrected chi connectivity index (χ0v) is 13.8. The van der Waals surface area contributed by atoms with E-state index in [4.69, 9.17) is 5.11 Å². The molecule has 0 atom stereocenters. The van der Waals surface area contributed by atoms with Crippen molar-refractivity contribution >= 4 is 0 Å². The van der Waals surface area contributed by atoms with Gasteiger partial charge in [-0.3, -0.25) is 0 Å². The van der Waals surface area contributed by atoms with Crippen LogP contribution in [0.5, 0.6) is 0 Å². The predicted octanol–water partition coefficient (Wildman–Crippen LogP) is 3.13. The van der Waals surface area contributed by atoms with Crippen LogP contribution in [-0.2, 0) is 0 Å². The molecule has 0 radical (unpaired) electrons. The van der Waals surface area contributed by atoms with Crippen molar-refractivity contribution in [3.05, 3.63) is 0 Å². The van der Waals surface area contributed by atoms with Gasteiger partial charge in [-0.2, -0.15) is 0 Å². The summed E-state index contributed by atoms with van der Waals surface area (Å²) in [6, 6.07) is 0. The molecule has 0 aromatic carbocycles. The Morgan fingerprint density at radius 1 is 0.833 bits per heavy atom. The zero-order valence-electron chi connectivity index (χ0n) is 13.8. The number of aliphatic hydroxyl groups is 1. The molecule has 0 saturated carbocycles. The largest absolute Gasteiger partial charge is 0.395 e. The monoisotopic (exact) mass is 262 g/mol. The number of aliphatic hydroxyl groups excluding tert-OH is 1. The highest BCUT2D eigenvalue weighted by atomic mass is 16.3. The van der Waals surface area contributed by atoms with Crippen molar-refractivity contribution in [3.63, 3.8) is 0 Å². The molecule has 3 heteroatoms. The lowest BCUT2D eigenvalue weighted by atomic mass is 10.4. The summed E-state index contributed by atoms with van der Waals surface area (Å²) in [5, 5.41) is 11.6. The summed E-state index contributed by atoms with van der Waals surface area (Å²) in [6.07, 6.45) is 5.05. The summed E-state index contributed by atoms with van der Waals surface area (Å²) in [5.74, 6) is 0. The van der Waals surface area contributed by atoms with Gasteiger partial charge in [0.15, 0.2) is 0 Å². The number of rotatable bonds is 8. The molecule has 0 amide bonds. The van der Waals surface area contributed by atoms with Gasteiger partial charge in [0.1, 0.15) is 0 Å². The maximum atomic E-state index is 8.55. The molecular formula is C15H38N2O. The van der Waals surface area contributed by atoms with Crippen LogP contribution in [0, 0.1) is 0 Å². The summed E-state index contributed by atoms with van der Waals surface area (Å²) in [7, 11) is 1.96. The normalized spacial score (nSPS) is 9.33. The molecule has 0 aliphatic rings. The van der Waals surface area contributed by atoms with Crippen molar-refractivity contribution in [3.8, 4) is 0 Å². The lowest BCUT2D eigenvalue weighted by Crippen LogP contribution is -2.27. The molecule has 0 rings (SSSR count). The van der Waals surface area contributed by atoms with E-state index in [-0.39, 0.29) is 6.61 Å². The summed E-state index contributed by atoms with van der Waals surface area (Å²) in [6.45, 7) is 15.2. The molecule has 0 unspecified atom stereocenters. The van der Waals surface area contributed by atoms with Crippen molar-refractivity contribution in [2.24, 2.45) is 0 Å². The van der Waals surface area contributed by atoms with Gasteiger partial charge in [0.25, 0.3) is 0 Å². The van der Waals surface area contributed by atoms with Crippen LogP contribution in [0.25, 0.3) is 0 Å². The van der Waals surface area contributed by atoms with Gasteiger partial charge in [-0.05, 0) is 39.5 Å². The minimum atomic E-state index is 0.286. The van der Waals surface area contributed by atoms with E-state index in [1.807, 2.05) is 7.05 Å². The first-order valence-corrected chi connectivity index (χ1v) is 7.65. The number of nitrogens with one attached hydrogen (secondary N) is 1. The Balaban J connectivity index is -0.000000212. The maximum Gasteiger partial charge on any atom is 0.0558 e. The van der Waals surface area contributed by atoms with Crippen LogP contribution in [0.4, 0.5) is 0 Å². The van der Waals surface area contributed by atoms with Gasteiger partial charge in [-0.15, -0.1) is 0 Å². The smallest absolute Gasteiger partial charge is 0.0558 e. The van der Waals surface area contributed by atoms with Crippen molar-refractivity contribution in [1.29, 1.82) is 0 Å². The quantitative estimate of drug-likeness (QED) is 0.705. The fourth-order valence-electron chi connectivity index (χ4n) is 1.14. The summed E-state index contributed by atoms with van der Waals surface area (Å²) in [4.78, 5) is 2.24. The van der Waals surface area contributed by atoms with Gasteiger partial charge < -0.3 is 15.3 Å². The van der Waals surface area contributed by atoms with Crippen LogP contribution >= 0.6 is 0 Å². The first kappa shape index (κ1) is 23.0. The molecule has 3 nitrogen and oxygen atoms in total. The predicted molar refractivity (Wildman–Crippen MR) is 84.3 cm³/mol. The Hall–Kier alpha value is -0.120. The Morgan fingerprint density at radius 2 is 1.39 bits per heavy atom. The maximum absolute atomic E-state index is 8.55. The molecule has 0 aliphatic heterocycles. The molecule has 18 heavy (non-hydrogen) atoms. The van der Waals surface area contributed by atoms with E-state index < -0.39 is 0 Å². The van der Waals surface area contributed by atoms with Crippen LogP contribution in [0.3, 0.4) is 0 Å². The first-order chi connectivity index (χ1) is 8.67. The third-order valence-electron chi connectivity index (χ3n) is 2.40. The van der Waals surface area contributed by atoms with Crippen molar-refractivity contribution in [2.75, 3.05) is 39.8 Å². The number of likely N-dealkylation sites (N-methyl/N-ethyl adjacent to an activating group) is 1. The van der Waals surface area contributed by atoms with E-state index in [0.717, 1.165) is 26.2 Å². The topological polar surface area (TPSA) is 35.5 Å². The lowest BCUT2D eigenvalue weighted by molar-refractivity contribution is 0.202. The van der Waals surface area contributed by atoms with E-state index in [1.165, 1.54) is 25.7 Å². The Morgan fingerprint density at radius 3 is 1.56 bits per heavy atom. The molecular weight excluding hydrogens is 224 g/mol. The van der Waals surface area contributed by atoms with Crippen LogP contribution < -0.4 is 5.32 Å². The third kappa shape index (κ3) is 29.7. The molecule has 114 valence electrons. The van der Waals surface area contributed by atoms with E-state index in [1.54, 1.807) is 0 Å². The minimum absolute atomic E-state index is 0.286. The van der Waals surface area contributed by atoms with E-state index in [0.29, 0.717) is 0 Å². The molecule has 0 heterocycles. The average molecular weight is 262 g/mol. The number of nitrogens with zero attached hydrogens (tertiary/aromatic N) is 1. The molecule has 0 spiro atoms. The molecule has 0 bridgehead atoms. The standard InChI is InChI=1S/C7H17NO.C4H11N.C4H10/c1-3-5-8(4-2)6-7-9;1-3-4-5-2;1-3-4-2/h9H,3-7H2,1-2H3;5H,3-4H2,1-2H3;3-4H2,1-2H3. The minimum Gasteiger partial charge on any atom is -0.395 e. The first-order valence-electron chi connectivity index (χ1n) is 7.65. The molecule has 0 aromatic heterocycles. The van der Waals surface area contributed by atoms with E-state index in [2.05, 4.69) is 44.8 Å². The highest BCUT2D eigenvalue weighted by molar-refractivity contribution is 4.51. The second kappa shape index (κ2) is 25.7. The van der Waals surface area contributed by atoms with Gasteiger partial charge in [0.05, 0.1) is 6.61 Å². The lowest BCUT2D eigenvalue weighted by Gasteiger charge is -2.17. The van der Waals surface area contributed by atoms with Gasteiger partial charge in [-0.25, -0.2) is 0 Å². The zero-order chi connectivity index (χ0) is 14.6. The highest BCUT2D eigenvalue weighted by Gasteiger charge is 1.96. The molecule has 0 aliphatic carbocycles. The second-order valence-corrected chi connectivity index (χ2v) is 4.26. The van der Waals surface area contributed by atoms with Crippen LogP contribution in [0.1, 0.15) is 60.3 Å². The number of hydrogen-bond donors (Lipinski definition) is 2. The second-order valence-electron chi connectivity index (χ2n) is 4.26. The number of hydrogen-bond acceptors (Lipinski definition) is 3. The van der Waals surface area contributed by atoms with Gasteiger partial charge >= 0.3 is 0 Å². The molecule has 2 N–H and O–H groups in total. The summed E-state index contributed by atoms with van der Waals surface area (Å²) < 4.78 is 0. The molecule has 0 fully saturated rings. The average Bonchev–Trinajstić information content (AvgIpc) is 2.40. The van der Waals surface area contributed by atoms with Crippen LogP contribution in [-0.4, -0.2) is 49.8 Å². The Kier molecular flexibility index (Phi) is 32.8. The van der Waals surface area contributed by atoms with Gasteiger partial charge in [-0.1, -0.05) is 47.5 Å². The fraction of sp³-hybridized carbons (Fsp3) is 1.00. The molecule has 0 saturated heterocycles. The third-order valence-corrected chi connectivity index (χ3v) is 2.40. The van der Waals surface area contributed by atoms with Crippen molar-refractivity contribution in [2.45, 2.75) is 60.3 Å². The van der Waals surface area contributed by atoms with Gasteiger partial charge in [0.2, 0.25) is 0 Å². The van der Waals surface area contributed by atoms with Crippen molar-refractivity contribution in [1.82, 2.24) is 10.2 Å². The number of unbranched alkanes of at least 4 members (excludes halogenated alkanes) is 1. The highest BCUT2D eigenvalue weighted by Crippen LogP contribution is 1.88.